The van der Waals surface area contributed by atoms with E-state index in [1.54, 1.807) is 25.3 Å². The number of para-hydroxylation sites is 1. The number of aromatic nitrogens is 4. The molecular weight excluding hydrogens is 330 g/mol. The van der Waals surface area contributed by atoms with Gasteiger partial charge in [0.2, 0.25) is 0 Å². The van der Waals surface area contributed by atoms with E-state index in [1.165, 1.54) is 0 Å². The lowest BCUT2D eigenvalue weighted by Crippen LogP contribution is -2.51. The molecule has 4 rings (SSSR count). The molecule has 1 fully saturated rings. The zero-order valence-corrected chi connectivity index (χ0v) is 14.9. The minimum absolute atomic E-state index is 0.0504. The van der Waals surface area contributed by atoms with E-state index in [-0.39, 0.29) is 6.03 Å². The van der Waals surface area contributed by atoms with Crippen molar-refractivity contribution in [2.75, 3.05) is 45.2 Å². The van der Waals surface area contributed by atoms with Crippen molar-refractivity contribution in [2.24, 2.45) is 0 Å². The first-order valence-corrected chi connectivity index (χ1v) is 8.60. The van der Waals surface area contributed by atoms with Crippen LogP contribution in [0.1, 0.15) is 0 Å². The number of hydrogen-bond donors (Lipinski definition) is 0. The molecule has 3 heterocycles. The highest BCUT2D eigenvalue weighted by Crippen LogP contribution is 2.25. The molecule has 0 saturated carbocycles. The Morgan fingerprint density at radius 3 is 2.46 bits per heavy atom. The SMILES string of the molecule is CN(C)C(=O)N1CCN(c2ncnc3c2cnn3-c2ccccc2)CC1. The number of carbonyl (C=O) groups excluding carboxylic acids is 1. The third-order valence-electron chi connectivity index (χ3n) is 4.58. The van der Waals surface area contributed by atoms with Crippen LogP contribution in [-0.2, 0) is 0 Å². The molecule has 0 bridgehead atoms. The van der Waals surface area contributed by atoms with Crippen LogP contribution in [-0.4, -0.2) is 75.9 Å². The van der Waals surface area contributed by atoms with Crippen LogP contribution in [0.2, 0.25) is 0 Å². The summed E-state index contributed by atoms with van der Waals surface area (Å²) in [7, 11) is 3.56. The van der Waals surface area contributed by atoms with E-state index < -0.39 is 0 Å². The van der Waals surface area contributed by atoms with Gasteiger partial charge in [-0.05, 0) is 12.1 Å². The van der Waals surface area contributed by atoms with Crippen molar-refractivity contribution in [3.05, 3.63) is 42.9 Å². The first-order valence-electron chi connectivity index (χ1n) is 8.60. The second-order valence-electron chi connectivity index (χ2n) is 6.48. The minimum Gasteiger partial charge on any atom is -0.352 e. The fourth-order valence-corrected chi connectivity index (χ4v) is 3.23. The summed E-state index contributed by atoms with van der Waals surface area (Å²) in [5, 5.41) is 5.42. The summed E-state index contributed by atoms with van der Waals surface area (Å²) in [6, 6.07) is 9.98. The summed E-state index contributed by atoms with van der Waals surface area (Å²) in [4.78, 5) is 26.7. The highest BCUT2D eigenvalue weighted by Gasteiger charge is 2.24. The van der Waals surface area contributed by atoms with Gasteiger partial charge in [0.15, 0.2) is 5.65 Å². The predicted molar refractivity (Wildman–Crippen MR) is 99.5 cm³/mol. The molecule has 8 heteroatoms. The maximum absolute atomic E-state index is 12.1. The normalized spacial score (nSPS) is 14.7. The molecule has 8 nitrogen and oxygen atoms in total. The first kappa shape index (κ1) is 16.3. The molecule has 1 saturated heterocycles. The van der Waals surface area contributed by atoms with Crippen molar-refractivity contribution in [1.29, 1.82) is 0 Å². The van der Waals surface area contributed by atoms with Gasteiger partial charge in [-0.2, -0.15) is 5.10 Å². The molecule has 2 aromatic heterocycles. The number of piperazine rings is 1. The van der Waals surface area contributed by atoms with Crippen molar-refractivity contribution in [3.63, 3.8) is 0 Å². The third kappa shape index (κ3) is 2.83. The quantitative estimate of drug-likeness (QED) is 0.702. The number of fused-ring (bicyclic) bond motifs is 1. The summed E-state index contributed by atoms with van der Waals surface area (Å²) >= 11 is 0. The molecule has 0 spiro atoms. The van der Waals surface area contributed by atoms with Crippen LogP contribution in [0.15, 0.2) is 42.9 Å². The maximum atomic E-state index is 12.1. The molecule has 134 valence electrons. The molecule has 1 aromatic carbocycles. The number of hydrogen-bond acceptors (Lipinski definition) is 5. The summed E-state index contributed by atoms with van der Waals surface area (Å²) in [5.41, 5.74) is 1.75. The number of carbonyl (C=O) groups is 1. The van der Waals surface area contributed by atoms with Gasteiger partial charge in [0.05, 0.1) is 17.3 Å². The summed E-state index contributed by atoms with van der Waals surface area (Å²) in [6.45, 7) is 2.83. The zero-order chi connectivity index (χ0) is 18.1. The lowest BCUT2D eigenvalue weighted by atomic mass is 10.3. The van der Waals surface area contributed by atoms with Crippen LogP contribution in [0.4, 0.5) is 10.6 Å². The van der Waals surface area contributed by atoms with Crippen molar-refractivity contribution in [1.82, 2.24) is 29.5 Å². The van der Waals surface area contributed by atoms with Crippen molar-refractivity contribution < 1.29 is 4.79 Å². The standard InChI is InChI=1S/C18H21N7O/c1-22(2)18(26)24-10-8-23(9-11-24)16-15-12-21-25(17(15)20-13-19-16)14-6-4-3-5-7-14/h3-7,12-13H,8-11H2,1-2H3. The Labute approximate surface area is 151 Å². The maximum Gasteiger partial charge on any atom is 0.319 e. The summed E-state index contributed by atoms with van der Waals surface area (Å²) < 4.78 is 1.83. The molecule has 0 atom stereocenters. The largest absolute Gasteiger partial charge is 0.352 e. The lowest BCUT2D eigenvalue weighted by Gasteiger charge is -2.36. The van der Waals surface area contributed by atoms with Gasteiger partial charge < -0.3 is 14.7 Å². The number of rotatable bonds is 2. The fraction of sp³-hybridized carbons (Fsp3) is 0.333. The molecule has 26 heavy (non-hydrogen) atoms. The number of urea groups is 1. The Morgan fingerprint density at radius 2 is 1.77 bits per heavy atom. The van der Waals surface area contributed by atoms with Crippen molar-refractivity contribution in [2.45, 2.75) is 0 Å². The first-order chi connectivity index (χ1) is 12.6. The van der Waals surface area contributed by atoms with Gasteiger partial charge in [-0.15, -0.1) is 0 Å². The van der Waals surface area contributed by atoms with E-state index in [1.807, 2.05) is 46.1 Å². The highest BCUT2D eigenvalue weighted by atomic mass is 16.2. The van der Waals surface area contributed by atoms with Crippen LogP contribution in [0, 0.1) is 0 Å². The predicted octanol–water partition coefficient (Wildman–Crippen LogP) is 1.62. The smallest absolute Gasteiger partial charge is 0.319 e. The van der Waals surface area contributed by atoms with Gasteiger partial charge >= 0.3 is 6.03 Å². The van der Waals surface area contributed by atoms with Gasteiger partial charge in [-0.25, -0.2) is 19.4 Å². The second-order valence-corrected chi connectivity index (χ2v) is 6.48. The minimum atomic E-state index is 0.0504. The molecule has 3 aromatic rings. The van der Waals surface area contributed by atoms with Gasteiger partial charge in [0.25, 0.3) is 0 Å². The average molecular weight is 351 g/mol. The number of benzene rings is 1. The zero-order valence-electron chi connectivity index (χ0n) is 14.9. The van der Waals surface area contributed by atoms with E-state index in [4.69, 9.17) is 0 Å². The third-order valence-corrected chi connectivity index (χ3v) is 4.58. The number of anilines is 1. The van der Waals surface area contributed by atoms with Gasteiger partial charge in [0, 0.05) is 40.3 Å². The monoisotopic (exact) mass is 351 g/mol. The van der Waals surface area contributed by atoms with E-state index in [0.717, 1.165) is 35.6 Å². The van der Waals surface area contributed by atoms with Crippen LogP contribution in [0.5, 0.6) is 0 Å². The second kappa shape index (κ2) is 6.62. The lowest BCUT2D eigenvalue weighted by molar-refractivity contribution is 0.168. The van der Waals surface area contributed by atoms with Gasteiger partial charge in [0.1, 0.15) is 12.1 Å². The van der Waals surface area contributed by atoms with E-state index in [0.29, 0.717) is 13.1 Å². The van der Waals surface area contributed by atoms with Crippen molar-refractivity contribution >= 4 is 22.9 Å². The van der Waals surface area contributed by atoms with E-state index >= 15 is 0 Å². The molecule has 1 aliphatic heterocycles. The Morgan fingerprint density at radius 1 is 1.04 bits per heavy atom. The molecule has 0 unspecified atom stereocenters. The Bertz CT molecular complexity index is 914. The molecule has 0 aliphatic carbocycles. The topological polar surface area (TPSA) is 70.4 Å². The van der Waals surface area contributed by atoms with E-state index in [2.05, 4.69) is 20.0 Å². The summed E-state index contributed by atoms with van der Waals surface area (Å²) in [6.07, 6.45) is 3.39. The van der Waals surface area contributed by atoms with Gasteiger partial charge in [-0.1, -0.05) is 18.2 Å². The summed E-state index contributed by atoms with van der Waals surface area (Å²) in [5.74, 6) is 0.870. The molecular formula is C18H21N7O. The fourth-order valence-electron chi connectivity index (χ4n) is 3.23. The van der Waals surface area contributed by atoms with Crippen LogP contribution in [0.25, 0.3) is 16.7 Å². The van der Waals surface area contributed by atoms with Crippen LogP contribution in [0.3, 0.4) is 0 Å². The van der Waals surface area contributed by atoms with E-state index in [9.17, 15) is 4.79 Å². The van der Waals surface area contributed by atoms with Crippen LogP contribution < -0.4 is 4.90 Å². The number of amides is 2. The Balaban J connectivity index is 1.61. The Kier molecular flexibility index (Phi) is 4.16. The average Bonchev–Trinajstić information content (AvgIpc) is 3.12. The van der Waals surface area contributed by atoms with Gasteiger partial charge in [-0.3, -0.25) is 0 Å². The highest BCUT2D eigenvalue weighted by molar-refractivity contribution is 5.87. The molecule has 0 N–H and O–H groups in total. The molecule has 1 aliphatic rings. The van der Waals surface area contributed by atoms with Crippen molar-refractivity contribution in [3.8, 4) is 5.69 Å². The molecule has 2 amide bonds. The Hall–Kier alpha value is -3.16. The molecule has 0 radical (unpaired) electrons. The number of nitrogens with zero attached hydrogens (tertiary/aromatic N) is 7. The van der Waals surface area contributed by atoms with Crippen LogP contribution >= 0.6 is 0 Å².